The Balaban J connectivity index is 1.46. The van der Waals surface area contributed by atoms with E-state index in [2.05, 4.69) is 11.1 Å². The molecule has 1 aliphatic heterocycles. The fraction of sp³-hybridized carbons (Fsp3) is 0.222. The zero-order chi connectivity index (χ0) is 25.9. The van der Waals surface area contributed by atoms with Crippen LogP contribution in [0.5, 0.6) is 11.5 Å². The van der Waals surface area contributed by atoms with Crippen molar-refractivity contribution >= 4 is 22.6 Å². The van der Waals surface area contributed by atoms with Gasteiger partial charge < -0.3 is 24.0 Å². The number of carbonyl (C=O) groups excluding carboxylic acids is 1. The number of amides is 1. The highest BCUT2D eigenvalue weighted by Gasteiger charge is 2.29. The molecular formula is C27H22F2N4O4. The van der Waals surface area contributed by atoms with Crippen molar-refractivity contribution in [1.29, 1.82) is 5.26 Å². The third-order valence-corrected chi connectivity index (χ3v) is 6.08. The summed E-state index contributed by atoms with van der Waals surface area (Å²) in [4.78, 5) is 18.3. The summed E-state index contributed by atoms with van der Waals surface area (Å²) < 4.78 is 38.5. The molecule has 1 atom stereocenters. The van der Waals surface area contributed by atoms with E-state index in [1.807, 2.05) is 0 Å². The van der Waals surface area contributed by atoms with Gasteiger partial charge in [-0.15, -0.1) is 0 Å². The molecule has 1 aliphatic rings. The van der Waals surface area contributed by atoms with Crippen LogP contribution in [0.15, 0.2) is 66.7 Å². The number of rotatable bonds is 8. The Morgan fingerprint density at radius 2 is 1.97 bits per heavy atom. The van der Waals surface area contributed by atoms with Gasteiger partial charge in [0.1, 0.15) is 23.9 Å². The van der Waals surface area contributed by atoms with Gasteiger partial charge in [-0.2, -0.15) is 14.0 Å². The van der Waals surface area contributed by atoms with Crippen LogP contribution < -0.4 is 14.4 Å². The van der Waals surface area contributed by atoms with Crippen molar-refractivity contribution in [2.45, 2.75) is 32.3 Å². The summed E-state index contributed by atoms with van der Waals surface area (Å²) in [6.07, 6.45) is -0.622. The third kappa shape index (κ3) is 5.22. The van der Waals surface area contributed by atoms with Crippen LogP contribution in [-0.2, 0) is 17.9 Å². The number of fused-ring (bicyclic) bond motifs is 1. The van der Waals surface area contributed by atoms with Gasteiger partial charge in [-0.25, -0.2) is 4.98 Å². The molecule has 4 aromatic rings. The maximum absolute atomic E-state index is 13.0. The minimum Gasteiger partial charge on any atom is -0.486 e. The SMILES string of the molecule is N#Cc1ccc2nc(COc3cccc(N4C[C@H](O)CC4=O)c3)n(Cc3ccccc3OC(F)F)c2c1. The lowest BCUT2D eigenvalue weighted by atomic mass is 10.2. The topological polar surface area (TPSA) is 101 Å². The lowest BCUT2D eigenvalue weighted by Gasteiger charge is -2.17. The maximum atomic E-state index is 13.0. The highest BCUT2D eigenvalue weighted by atomic mass is 19.3. The molecule has 1 amide bonds. The van der Waals surface area contributed by atoms with Crippen molar-refractivity contribution in [3.05, 3.63) is 83.7 Å². The van der Waals surface area contributed by atoms with Gasteiger partial charge in [-0.1, -0.05) is 24.3 Å². The summed E-state index contributed by atoms with van der Waals surface area (Å²) in [7, 11) is 0. The average Bonchev–Trinajstić information content (AvgIpc) is 3.41. The summed E-state index contributed by atoms with van der Waals surface area (Å²) in [5.74, 6) is 0.886. The van der Waals surface area contributed by atoms with Gasteiger partial charge in [-0.05, 0) is 36.4 Å². The van der Waals surface area contributed by atoms with Crippen molar-refractivity contribution in [3.8, 4) is 17.6 Å². The van der Waals surface area contributed by atoms with Crippen LogP contribution in [0.2, 0.25) is 0 Å². The first-order chi connectivity index (χ1) is 17.9. The molecule has 0 bridgehead atoms. The van der Waals surface area contributed by atoms with Crippen LogP contribution in [0.1, 0.15) is 23.4 Å². The van der Waals surface area contributed by atoms with Crippen LogP contribution in [0, 0.1) is 11.3 Å². The molecule has 0 saturated carbocycles. The van der Waals surface area contributed by atoms with Crippen molar-refractivity contribution in [3.63, 3.8) is 0 Å². The molecule has 1 saturated heterocycles. The number of ether oxygens (including phenoxy) is 2. The highest BCUT2D eigenvalue weighted by molar-refractivity contribution is 5.96. The Hall–Kier alpha value is -4.49. The quantitative estimate of drug-likeness (QED) is 0.385. The van der Waals surface area contributed by atoms with Crippen LogP contribution >= 0.6 is 0 Å². The predicted octanol–water partition coefficient (Wildman–Crippen LogP) is 4.23. The zero-order valence-electron chi connectivity index (χ0n) is 19.6. The van der Waals surface area contributed by atoms with E-state index in [1.165, 1.54) is 11.0 Å². The second kappa shape index (κ2) is 10.2. The largest absolute Gasteiger partial charge is 0.486 e. The zero-order valence-corrected chi connectivity index (χ0v) is 19.6. The first kappa shape index (κ1) is 24.2. The highest BCUT2D eigenvalue weighted by Crippen LogP contribution is 2.28. The van der Waals surface area contributed by atoms with E-state index in [0.29, 0.717) is 39.4 Å². The lowest BCUT2D eigenvalue weighted by Crippen LogP contribution is -2.25. The average molecular weight is 504 g/mol. The standard InChI is InChI=1S/C27H22F2N4O4/c28-27(29)37-24-7-2-1-4-18(24)14-33-23-10-17(13-30)8-9-22(23)31-25(33)16-36-21-6-3-5-19(11-21)32-15-20(34)12-26(32)35/h1-11,20,27,34H,12,14-16H2/t20-/m1/s1. The van der Waals surface area contributed by atoms with Crippen LogP contribution in [0.4, 0.5) is 14.5 Å². The number of imidazole rings is 1. The number of benzene rings is 3. The van der Waals surface area contributed by atoms with Gasteiger partial charge in [0, 0.05) is 17.3 Å². The van der Waals surface area contributed by atoms with E-state index in [-0.39, 0.29) is 37.8 Å². The fourth-order valence-electron chi connectivity index (χ4n) is 4.37. The second-order valence-electron chi connectivity index (χ2n) is 8.56. The lowest BCUT2D eigenvalue weighted by molar-refractivity contribution is -0.117. The number of halogens is 2. The van der Waals surface area contributed by atoms with E-state index >= 15 is 0 Å². The number of nitrogens with zero attached hydrogens (tertiary/aromatic N) is 4. The molecule has 1 fully saturated rings. The molecular weight excluding hydrogens is 482 g/mol. The predicted molar refractivity (Wildman–Crippen MR) is 130 cm³/mol. The van der Waals surface area contributed by atoms with Gasteiger partial charge in [-0.3, -0.25) is 4.79 Å². The number of hydrogen-bond donors (Lipinski definition) is 1. The molecule has 0 unspecified atom stereocenters. The number of β-amino-alcohol motifs (C(OH)–C–C–N with tert-alkyl or cyclic N) is 1. The van der Waals surface area contributed by atoms with Gasteiger partial charge in [0.25, 0.3) is 0 Å². The molecule has 10 heteroatoms. The molecule has 37 heavy (non-hydrogen) atoms. The monoisotopic (exact) mass is 504 g/mol. The van der Waals surface area contributed by atoms with Crippen LogP contribution in [0.3, 0.4) is 0 Å². The summed E-state index contributed by atoms with van der Waals surface area (Å²) >= 11 is 0. The fourth-order valence-corrected chi connectivity index (χ4v) is 4.37. The molecule has 3 aromatic carbocycles. The second-order valence-corrected chi connectivity index (χ2v) is 8.56. The summed E-state index contributed by atoms with van der Waals surface area (Å²) in [5.41, 5.74) is 2.83. The van der Waals surface area contributed by atoms with Crippen molar-refractivity contribution in [2.24, 2.45) is 0 Å². The Morgan fingerprint density at radius 3 is 2.73 bits per heavy atom. The number of aliphatic hydroxyl groups excluding tert-OH is 1. The number of hydrogen-bond acceptors (Lipinski definition) is 6. The number of nitriles is 1. The molecule has 1 aromatic heterocycles. The molecule has 0 radical (unpaired) electrons. The summed E-state index contributed by atoms with van der Waals surface area (Å²) in [5, 5.41) is 19.2. The molecule has 5 rings (SSSR count). The van der Waals surface area contributed by atoms with Crippen LogP contribution in [-0.4, -0.2) is 39.8 Å². The summed E-state index contributed by atoms with van der Waals surface area (Å²) in [6, 6.07) is 20.6. The summed E-state index contributed by atoms with van der Waals surface area (Å²) in [6.45, 7) is -2.55. The molecule has 0 spiro atoms. The number of carbonyl (C=O) groups is 1. The molecule has 1 N–H and O–H groups in total. The smallest absolute Gasteiger partial charge is 0.387 e. The van der Waals surface area contributed by atoms with Gasteiger partial charge in [0.15, 0.2) is 0 Å². The Labute approximate surface area is 210 Å². The Kier molecular flexibility index (Phi) is 6.70. The van der Waals surface area contributed by atoms with Gasteiger partial charge in [0.2, 0.25) is 5.91 Å². The van der Waals surface area contributed by atoms with E-state index in [4.69, 9.17) is 9.47 Å². The Morgan fingerprint density at radius 1 is 1.14 bits per heavy atom. The first-order valence-corrected chi connectivity index (χ1v) is 11.5. The number of anilines is 1. The minimum atomic E-state index is -2.97. The number of aromatic nitrogens is 2. The van der Waals surface area contributed by atoms with Gasteiger partial charge in [0.05, 0.1) is 48.3 Å². The van der Waals surface area contributed by atoms with Crippen molar-refractivity contribution < 1.29 is 28.2 Å². The third-order valence-electron chi connectivity index (χ3n) is 6.08. The number of alkyl halides is 2. The van der Waals surface area contributed by atoms with Gasteiger partial charge >= 0.3 is 6.61 Å². The number of para-hydroxylation sites is 1. The van der Waals surface area contributed by atoms with Crippen LogP contribution in [0.25, 0.3) is 11.0 Å². The maximum Gasteiger partial charge on any atom is 0.387 e. The van der Waals surface area contributed by atoms with E-state index in [1.54, 1.807) is 65.2 Å². The Bertz CT molecular complexity index is 1500. The van der Waals surface area contributed by atoms with E-state index in [0.717, 1.165) is 0 Å². The first-order valence-electron chi connectivity index (χ1n) is 11.5. The molecule has 2 heterocycles. The normalized spacial score (nSPS) is 15.4. The molecule has 0 aliphatic carbocycles. The van der Waals surface area contributed by atoms with E-state index in [9.17, 15) is 23.9 Å². The minimum absolute atomic E-state index is 0.0362. The van der Waals surface area contributed by atoms with E-state index < -0.39 is 12.7 Å². The van der Waals surface area contributed by atoms with Crippen molar-refractivity contribution in [2.75, 3.05) is 11.4 Å². The molecule has 8 nitrogen and oxygen atoms in total. The van der Waals surface area contributed by atoms with Crippen molar-refractivity contribution in [1.82, 2.24) is 9.55 Å². The molecule has 188 valence electrons. The number of aliphatic hydroxyl groups is 1.